The van der Waals surface area contributed by atoms with Crippen molar-refractivity contribution in [2.45, 2.75) is 6.92 Å². The molecule has 0 radical (unpaired) electrons. The molecule has 78 valence electrons. The topological polar surface area (TPSA) is 106 Å². The summed E-state index contributed by atoms with van der Waals surface area (Å²) >= 11 is 0. The van der Waals surface area contributed by atoms with Gasteiger partial charge in [0.1, 0.15) is 6.26 Å². The maximum Gasteiger partial charge on any atom is 0.451 e. The Labute approximate surface area is 84.3 Å². The van der Waals surface area contributed by atoms with Crippen molar-refractivity contribution in [3.05, 3.63) is 23.9 Å². The van der Waals surface area contributed by atoms with E-state index in [2.05, 4.69) is 18.9 Å². The zero-order valence-electron chi connectivity index (χ0n) is 7.84. The van der Waals surface area contributed by atoms with Crippen molar-refractivity contribution in [1.82, 2.24) is 4.98 Å². The maximum absolute atomic E-state index is 11.4. The minimum absolute atomic E-state index is 0.0662. The molecule has 1 rings (SSSR count). The van der Waals surface area contributed by atoms with E-state index >= 15 is 0 Å². The molecule has 15 heavy (non-hydrogen) atoms. The number of Topliss-reactive ketones (excluding diaryl/α,β-unsaturated/α-hetero) is 1. The highest BCUT2D eigenvalue weighted by Crippen LogP contribution is 1.98. The molecule has 7 nitrogen and oxygen atoms in total. The lowest BCUT2D eigenvalue weighted by molar-refractivity contribution is -0.139. The number of hydrogen-bond acceptors (Lipinski definition) is 5. The zero-order chi connectivity index (χ0) is 11.3. The number of ketones is 1. The molecule has 0 saturated carbocycles. The van der Waals surface area contributed by atoms with Crippen LogP contribution in [0, 0.1) is 0 Å². The third-order valence-corrected chi connectivity index (χ3v) is 1.41. The van der Waals surface area contributed by atoms with Crippen LogP contribution in [-0.2, 0) is 9.53 Å². The van der Waals surface area contributed by atoms with Gasteiger partial charge in [0.25, 0.3) is 5.89 Å². The summed E-state index contributed by atoms with van der Waals surface area (Å²) in [6.45, 7) is 1.62. The van der Waals surface area contributed by atoms with Crippen molar-refractivity contribution >= 4 is 17.5 Å². The first-order valence-corrected chi connectivity index (χ1v) is 4.04. The number of nitrogens with zero attached hydrogens (tertiary/aromatic N) is 3. The van der Waals surface area contributed by atoms with Gasteiger partial charge in [0.2, 0.25) is 0 Å². The van der Waals surface area contributed by atoms with E-state index in [1.54, 1.807) is 6.92 Å². The largest absolute Gasteiger partial charge is 0.457 e. The standard InChI is InChI=1S/C8H7N3O4/c1-2-14-8(13)5(11-9)6(12)7-10-3-4-15-7/h3-4H,2H2,1H3. The van der Waals surface area contributed by atoms with Crippen LogP contribution >= 0.6 is 0 Å². The minimum Gasteiger partial charge on any atom is -0.457 e. The fourth-order valence-electron chi connectivity index (χ4n) is 0.815. The Morgan fingerprint density at radius 1 is 1.67 bits per heavy atom. The molecule has 0 unspecified atom stereocenters. The normalized spacial score (nSPS) is 9.13. The van der Waals surface area contributed by atoms with Crippen LogP contribution in [0.1, 0.15) is 17.6 Å². The van der Waals surface area contributed by atoms with E-state index in [4.69, 9.17) is 5.53 Å². The number of carbonyl (C=O) groups is 2. The van der Waals surface area contributed by atoms with Gasteiger partial charge in [0.15, 0.2) is 0 Å². The Morgan fingerprint density at radius 2 is 2.40 bits per heavy atom. The molecule has 1 aromatic heterocycles. The Morgan fingerprint density at radius 3 is 2.87 bits per heavy atom. The second-order valence-corrected chi connectivity index (χ2v) is 2.34. The molecule has 0 aliphatic carbocycles. The molecule has 0 saturated heterocycles. The lowest BCUT2D eigenvalue weighted by atomic mass is 10.2. The Bertz CT molecular complexity index is 417. The van der Waals surface area contributed by atoms with Crippen LogP contribution in [0.25, 0.3) is 5.53 Å². The Kier molecular flexibility index (Phi) is 3.48. The van der Waals surface area contributed by atoms with Crippen LogP contribution in [-0.4, -0.2) is 33.8 Å². The first-order chi connectivity index (χ1) is 7.20. The number of hydrogen-bond donors (Lipinski definition) is 0. The summed E-state index contributed by atoms with van der Waals surface area (Å²) in [4.78, 5) is 28.6. The minimum atomic E-state index is -1.02. The number of oxazole rings is 1. The Balaban J connectivity index is 2.91. The van der Waals surface area contributed by atoms with Gasteiger partial charge < -0.3 is 14.7 Å². The molecular formula is C8H7N3O4. The monoisotopic (exact) mass is 209 g/mol. The van der Waals surface area contributed by atoms with Gasteiger partial charge in [-0.15, -0.1) is 0 Å². The summed E-state index contributed by atoms with van der Waals surface area (Å²) in [5, 5.41) is 0. The van der Waals surface area contributed by atoms with Crippen molar-refractivity contribution in [1.29, 1.82) is 0 Å². The first kappa shape index (κ1) is 10.8. The van der Waals surface area contributed by atoms with Crippen LogP contribution in [0.2, 0.25) is 0 Å². The van der Waals surface area contributed by atoms with E-state index in [0.29, 0.717) is 0 Å². The van der Waals surface area contributed by atoms with E-state index in [-0.39, 0.29) is 12.5 Å². The summed E-state index contributed by atoms with van der Waals surface area (Å²) in [6.07, 6.45) is 2.39. The number of aromatic nitrogens is 1. The van der Waals surface area contributed by atoms with Crippen molar-refractivity contribution in [3.63, 3.8) is 0 Å². The molecule has 0 spiro atoms. The predicted octanol–water partition coefficient (Wildman–Crippen LogP) is 0.0912. The number of carbonyl (C=O) groups excluding carboxylic acids is 2. The van der Waals surface area contributed by atoms with Crippen molar-refractivity contribution < 1.29 is 23.5 Å². The summed E-state index contributed by atoms with van der Waals surface area (Å²) in [6, 6.07) is 0. The molecule has 0 amide bonds. The summed E-state index contributed by atoms with van der Waals surface area (Å²) in [5.74, 6) is -2.29. The first-order valence-electron chi connectivity index (χ1n) is 4.04. The molecule has 7 heteroatoms. The lowest BCUT2D eigenvalue weighted by Gasteiger charge is -1.94. The van der Waals surface area contributed by atoms with E-state index in [1.807, 2.05) is 0 Å². The van der Waals surface area contributed by atoms with E-state index in [0.717, 1.165) is 6.26 Å². The molecule has 0 bridgehead atoms. The number of ether oxygens (including phenoxy) is 1. The van der Waals surface area contributed by atoms with Crippen molar-refractivity contribution in [2.75, 3.05) is 6.61 Å². The van der Waals surface area contributed by atoms with Gasteiger partial charge in [-0.3, -0.25) is 4.79 Å². The van der Waals surface area contributed by atoms with Gasteiger partial charge in [0.05, 0.1) is 12.8 Å². The fourth-order valence-corrected chi connectivity index (χ4v) is 0.815. The molecule has 0 aliphatic heterocycles. The van der Waals surface area contributed by atoms with E-state index < -0.39 is 17.5 Å². The van der Waals surface area contributed by atoms with Gasteiger partial charge in [-0.2, -0.15) is 4.79 Å². The van der Waals surface area contributed by atoms with Crippen LogP contribution in [0.3, 0.4) is 0 Å². The quantitative estimate of drug-likeness (QED) is 0.174. The summed E-state index contributed by atoms with van der Waals surface area (Å²) < 4.78 is 9.14. The van der Waals surface area contributed by atoms with Crippen LogP contribution < -0.4 is 0 Å². The lowest BCUT2D eigenvalue weighted by Crippen LogP contribution is -2.27. The molecule has 0 aromatic carbocycles. The highest BCUT2D eigenvalue weighted by Gasteiger charge is 2.35. The summed E-state index contributed by atoms with van der Waals surface area (Å²) in [7, 11) is 0. The smallest absolute Gasteiger partial charge is 0.451 e. The van der Waals surface area contributed by atoms with E-state index in [9.17, 15) is 9.59 Å². The van der Waals surface area contributed by atoms with Crippen LogP contribution in [0.4, 0.5) is 0 Å². The SMILES string of the molecule is CCOC(=O)C(=[N+]=[N-])C(=O)c1ncco1. The molecule has 0 fully saturated rings. The number of esters is 1. The van der Waals surface area contributed by atoms with Gasteiger partial charge in [0, 0.05) is 0 Å². The second kappa shape index (κ2) is 4.83. The van der Waals surface area contributed by atoms with Gasteiger partial charge in [-0.05, 0) is 6.92 Å². The molecule has 0 aliphatic rings. The fraction of sp³-hybridized carbons (Fsp3) is 0.250. The predicted molar refractivity (Wildman–Crippen MR) is 46.1 cm³/mol. The average molecular weight is 209 g/mol. The van der Waals surface area contributed by atoms with E-state index in [1.165, 1.54) is 6.20 Å². The van der Waals surface area contributed by atoms with Gasteiger partial charge in [-0.25, -0.2) is 9.78 Å². The Hall–Kier alpha value is -2.27. The van der Waals surface area contributed by atoms with Crippen LogP contribution in [0.15, 0.2) is 16.9 Å². The molecular weight excluding hydrogens is 202 g/mol. The molecule has 0 atom stereocenters. The average Bonchev–Trinajstić information content (AvgIpc) is 2.71. The molecule has 1 heterocycles. The summed E-state index contributed by atoms with van der Waals surface area (Å²) in [5.41, 5.74) is 7.72. The highest BCUT2D eigenvalue weighted by atomic mass is 16.5. The number of rotatable bonds is 4. The molecule has 0 N–H and O–H groups in total. The van der Waals surface area contributed by atoms with Gasteiger partial charge in [-0.1, -0.05) is 0 Å². The second-order valence-electron chi connectivity index (χ2n) is 2.34. The van der Waals surface area contributed by atoms with Crippen molar-refractivity contribution in [3.8, 4) is 0 Å². The third-order valence-electron chi connectivity index (χ3n) is 1.41. The van der Waals surface area contributed by atoms with Gasteiger partial charge >= 0.3 is 17.5 Å². The third kappa shape index (κ3) is 2.35. The van der Waals surface area contributed by atoms with Crippen molar-refractivity contribution in [2.24, 2.45) is 0 Å². The zero-order valence-corrected chi connectivity index (χ0v) is 7.84. The highest BCUT2D eigenvalue weighted by molar-refractivity contribution is 6.65. The van der Waals surface area contributed by atoms with Crippen LogP contribution in [0.5, 0.6) is 0 Å². The maximum atomic E-state index is 11.4. The molecule has 1 aromatic rings.